The lowest BCUT2D eigenvalue weighted by Gasteiger charge is -2.29. The van der Waals surface area contributed by atoms with Crippen LogP contribution < -0.4 is 11.1 Å². The summed E-state index contributed by atoms with van der Waals surface area (Å²) < 4.78 is 1.64. The zero-order valence-electron chi connectivity index (χ0n) is 28.7. The molecule has 3 aromatic carbocycles. The topological polar surface area (TPSA) is 131 Å². The van der Waals surface area contributed by atoms with E-state index in [2.05, 4.69) is 25.2 Å². The minimum Gasteiger partial charge on any atom is -0.370 e. The van der Waals surface area contributed by atoms with Crippen LogP contribution in [0.2, 0.25) is 0 Å². The number of benzene rings is 3. The molecule has 1 unspecified atom stereocenters. The van der Waals surface area contributed by atoms with Gasteiger partial charge < -0.3 is 20.9 Å². The third kappa shape index (κ3) is 8.43. The van der Waals surface area contributed by atoms with Crippen LogP contribution in [0.5, 0.6) is 0 Å². The number of anilines is 1. The lowest BCUT2D eigenvalue weighted by Crippen LogP contribution is -2.36. The van der Waals surface area contributed by atoms with Crippen molar-refractivity contribution in [1.82, 2.24) is 19.6 Å². The molecular weight excluding hydrogens is 616 g/mol. The Morgan fingerprint density at radius 1 is 0.898 bits per heavy atom. The molecule has 1 aliphatic heterocycles. The van der Waals surface area contributed by atoms with Gasteiger partial charge in [0.25, 0.3) is 11.8 Å². The Kier molecular flexibility index (Phi) is 11.6. The normalized spacial score (nSPS) is 13.0. The standard InChI is InChI=1S/C39H46N6O4/c1-4-6-20-43(21-7-5-2)39(49)34-23-27(3)45(42-34)35-18-17-31(41-37(47)32(25-36(40)46)29-14-9-8-10-15-29)24-33(35)38(48)44-22-19-28-13-11-12-16-30(28)26-44/h8-18,23-24,32H,4-7,19-22,25-26H2,1-3H3,(H2,40,46)(H,41,47). The summed E-state index contributed by atoms with van der Waals surface area (Å²) >= 11 is 0. The first-order valence-electron chi connectivity index (χ1n) is 17.2. The number of carbonyl (C=O) groups is 4. The van der Waals surface area contributed by atoms with Gasteiger partial charge in [0.05, 0.1) is 17.2 Å². The summed E-state index contributed by atoms with van der Waals surface area (Å²) in [5.41, 5.74) is 10.8. The monoisotopic (exact) mass is 662 g/mol. The highest BCUT2D eigenvalue weighted by Gasteiger charge is 2.28. The summed E-state index contributed by atoms with van der Waals surface area (Å²) in [6.45, 7) is 8.38. The zero-order chi connectivity index (χ0) is 34.9. The summed E-state index contributed by atoms with van der Waals surface area (Å²) in [5.74, 6) is -2.16. The number of aryl methyl sites for hydroxylation is 1. The van der Waals surface area contributed by atoms with E-state index in [0.717, 1.165) is 37.7 Å². The second-order valence-corrected chi connectivity index (χ2v) is 12.7. The summed E-state index contributed by atoms with van der Waals surface area (Å²) in [7, 11) is 0. The molecule has 2 heterocycles. The average Bonchev–Trinajstić information content (AvgIpc) is 3.51. The molecule has 1 aliphatic rings. The number of hydrogen-bond acceptors (Lipinski definition) is 5. The van der Waals surface area contributed by atoms with E-state index >= 15 is 0 Å². The molecule has 10 nitrogen and oxygen atoms in total. The van der Waals surface area contributed by atoms with Gasteiger partial charge in [-0.2, -0.15) is 5.10 Å². The van der Waals surface area contributed by atoms with E-state index in [4.69, 9.17) is 10.8 Å². The smallest absolute Gasteiger partial charge is 0.274 e. The van der Waals surface area contributed by atoms with Crippen LogP contribution in [-0.2, 0) is 22.6 Å². The molecule has 0 saturated heterocycles. The van der Waals surface area contributed by atoms with Crippen molar-refractivity contribution in [1.29, 1.82) is 0 Å². The summed E-state index contributed by atoms with van der Waals surface area (Å²) in [6.07, 6.45) is 4.34. The van der Waals surface area contributed by atoms with Gasteiger partial charge in [-0.1, -0.05) is 81.3 Å². The predicted octanol–water partition coefficient (Wildman–Crippen LogP) is 6.02. The number of nitrogens with one attached hydrogen (secondary N) is 1. The molecule has 256 valence electrons. The van der Waals surface area contributed by atoms with Crippen molar-refractivity contribution >= 4 is 29.3 Å². The molecule has 49 heavy (non-hydrogen) atoms. The Morgan fingerprint density at radius 3 is 2.24 bits per heavy atom. The summed E-state index contributed by atoms with van der Waals surface area (Å²) in [4.78, 5) is 57.2. The third-order valence-electron chi connectivity index (χ3n) is 9.02. The van der Waals surface area contributed by atoms with E-state index in [0.29, 0.717) is 60.1 Å². The Bertz CT molecular complexity index is 1790. The number of aromatic nitrogens is 2. The highest BCUT2D eigenvalue weighted by atomic mass is 16.2. The van der Waals surface area contributed by atoms with E-state index in [1.54, 1.807) is 58.1 Å². The van der Waals surface area contributed by atoms with Crippen LogP contribution in [0, 0.1) is 6.92 Å². The number of nitrogens with two attached hydrogens (primary N) is 1. The number of amides is 4. The van der Waals surface area contributed by atoms with Gasteiger partial charge in [-0.15, -0.1) is 0 Å². The third-order valence-corrected chi connectivity index (χ3v) is 9.02. The molecule has 3 N–H and O–H groups in total. The Balaban J connectivity index is 1.51. The van der Waals surface area contributed by atoms with Gasteiger partial charge in [-0.05, 0) is 67.1 Å². The van der Waals surface area contributed by atoms with E-state index in [-0.39, 0.29) is 18.2 Å². The Labute approximate surface area is 288 Å². The van der Waals surface area contributed by atoms with Crippen molar-refractivity contribution in [3.8, 4) is 5.69 Å². The molecule has 0 fully saturated rings. The quantitative estimate of drug-likeness (QED) is 0.171. The van der Waals surface area contributed by atoms with Crippen LogP contribution in [0.4, 0.5) is 5.69 Å². The first-order valence-corrected chi connectivity index (χ1v) is 17.2. The number of primary amides is 1. The minimum absolute atomic E-state index is 0.130. The van der Waals surface area contributed by atoms with E-state index in [1.807, 2.05) is 36.1 Å². The lowest BCUT2D eigenvalue weighted by molar-refractivity contribution is -0.123. The van der Waals surface area contributed by atoms with Crippen LogP contribution in [0.3, 0.4) is 0 Å². The molecule has 10 heteroatoms. The SMILES string of the molecule is CCCCN(CCCC)C(=O)c1cc(C)n(-c2ccc(NC(=O)C(CC(N)=O)c3ccccc3)cc2C(=O)N2CCc3ccccc3C2)n1. The van der Waals surface area contributed by atoms with Crippen molar-refractivity contribution in [3.63, 3.8) is 0 Å². The van der Waals surface area contributed by atoms with E-state index < -0.39 is 17.7 Å². The average molecular weight is 663 g/mol. The maximum Gasteiger partial charge on any atom is 0.274 e. The van der Waals surface area contributed by atoms with E-state index in [1.165, 1.54) is 5.56 Å². The molecule has 0 radical (unpaired) electrons. The molecule has 0 aliphatic carbocycles. The first-order chi connectivity index (χ1) is 23.7. The van der Waals surface area contributed by atoms with Crippen LogP contribution in [0.25, 0.3) is 5.69 Å². The molecule has 5 rings (SSSR count). The Morgan fingerprint density at radius 2 is 1.57 bits per heavy atom. The van der Waals surface area contributed by atoms with Gasteiger partial charge in [0.2, 0.25) is 11.8 Å². The predicted molar refractivity (Wildman–Crippen MR) is 191 cm³/mol. The number of fused-ring (bicyclic) bond motifs is 1. The van der Waals surface area contributed by atoms with Crippen LogP contribution in [0.15, 0.2) is 78.9 Å². The fraction of sp³-hybridized carbons (Fsp3) is 0.359. The first kappa shape index (κ1) is 35.1. The van der Waals surface area contributed by atoms with Crippen LogP contribution >= 0.6 is 0 Å². The molecule has 0 bridgehead atoms. The zero-order valence-corrected chi connectivity index (χ0v) is 28.7. The number of unbranched alkanes of at least 4 members (excludes halogenated alkanes) is 2. The molecular formula is C39H46N6O4. The van der Waals surface area contributed by atoms with Gasteiger partial charge >= 0.3 is 0 Å². The number of rotatable bonds is 14. The molecule has 1 atom stereocenters. The minimum atomic E-state index is -0.804. The van der Waals surface area contributed by atoms with Crippen molar-refractivity contribution in [2.24, 2.45) is 5.73 Å². The van der Waals surface area contributed by atoms with E-state index in [9.17, 15) is 19.2 Å². The Hall–Kier alpha value is -5.25. The molecule has 4 amide bonds. The molecule has 4 aromatic rings. The molecule has 1 aromatic heterocycles. The van der Waals surface area contributed by atoms with Crippen molar-refractivity contribution in [2.75, 3.05) is 25.0 Å². The maximum atomic E-state index is 14.4. The number of nitrogens with zero attached hydrogens (tertiary/aromatic N) is 4. The van der Waals surface area contributed by atoms with Crippen LogP contribution in [0.1, 0.15) is 95.1 Å². The highest BCUT2D eigenvalue weighted by molar-refractivity contribution is 6.02. The van der Waals surface area contributed by atoms with Gasteiger partial charge in [0.15, 0.2) is 5.69 Å². The fourth-order valence-electron chi connectivity index (χ4n) is 6.28. The van der Waals surface area contributed by atoms with Gasteiger partial charge in [-0.25, -0.2) is 4.68 Å². The molecule has 0 spiro atoms. The second-order valence-electron chi connectivity index (χ2n) is 12.7. The van der Waals surface area contributed by atoms with Crippen molar-refractivity contribution in [3.05, 3.63) is 113 Å². The fourth-order valence-corrected chi connectivity index (χ4v) is 6.28. The maximum absolute atomic E-state index is 14.4. The second kappa shape index (κ2) is 16.2. The van der Waals surface area contributed by atoms with Gasteiger partial charge in [0.1, 0.15) is 0 Å². The van der Waals surface area contributed by atoms with Gasteiger partial charge in [0, 0.05) is 44.0 Å². The largest absolute Gasteiger partial charge is 0.370 e. The van der Waals surface area contributed by atoms with Gasteiger partial charge in [-0.3, -0.25) is 19.2 Å². The lowest BCUT2D eigenvalue weighted by atomic mass is 9.94. The molecule has 0 saturated carbocycles. The highest BCUT2D eigenvalue weighted by Crippen LogP contribution is 2.28. The van der Waals surface area contributed by atoms with Crippen molar-refractivity contribution in [2.45, 2.75) is 71.8 Å². The van der Waals surface area contributed by atoms with Crippen molar-refractivity contribution < 1.29 is 19.2 Å². The number of carbonyl (C=O) groups excluding carboxylic acids is 4. The summed E-state index contributed by atoms with van der Waals surface area (Å²) in [6, 6.07) is 24.0. The summed E-state index contributed by atoms with van der Waals surface area (Å²) in [5, 5.41) is 7.67. The van der Waals surface area contributed by atoms with Crippen LogP contribution in [-0.4, -0.2) is 62.8 Å². The number of hydrogen-bond donors (Lipinski definition) is 2.